The highest BCUT2D eigenvalue weighted by Crippen LogP contribution is 2.38. The lowest BCUT2D eigenvalue weighted by Crippen LogP contribution is -2.49. The Bertz CT molecular complexity index is 1740. The van der Waals surface area contributed by atoms with E-state index >= 15 is 0 Å². The van der Waals surface area contributed by atoms with Crippen molar-refractivity contribution in [2.24, 2.45) is 0 Å². The number of hydrogen-bond acceptors (Lipinski definition) is 4. The fraction of sp³-hybridized carbons (Fsp3) is 0.194. The molecule has 4 amide bonds. The van der Waals surface area contributed by atoms with Crippen LogP contribution in [-0.4, -0.2) is 46.8 Å². The van der Waals surface area contributed by atoms with E-state index in [1.54, 1.807) is 23.1 Å². The molecule has 2 heterocycles. The van der Waals surface area contributed by atoms with E-state index in [1.807, 2.05) is 91.9 Å². The first-order valence-corrected chi connectivity index (χ1v) is 14.9. The van der Waals surface area contributed by atoms with E-state index in [1.165, 1.54) is 11.0 Å². The van der Waals surface area contributed by atoms with Crippen molar-refractivity contribution < 1.29 is 23.5 Å². The minimum atomic E-state index is -0.903. The maximum Gasteiger partial charge on any atom is 0.322 e. The van der Waals surface area contributed by atoms with Crippen molar-refractivity contribution in [3.05, 3.63) is 143 Å². The Morgan fingerprint density at radius 1 is 0.933 bits per heavy atom. The zero-order valence-electron chi connectivity index (χ0n) is 24.8. The summed E-state index contributed by atoms with van der Waals surface area (Å²) in [6, 6.07) is 30.3. The van der Waals surface area contributed by atoms with Gasteiger partial charge >= 0.3 is 6.03 Å². The summed E-state index contributed by atoms with van der Waals surface area (Å²) in [6.07, 6.45) is 0.245. The second kappa shape index (κ2) is 13.1. The van der Waals surface area contributed by atoms with E-state index in [9.17, 15) is 18.8 Å². The van der Waals surface area contributed by atoms with Crippen molar-refractivity contribution in [2.75, 3.05) is 13.1 Å². The highest BCUT2D eigenvalue weighted by Gasteiger charge is 2.46. The highest BCUT2D eigenvalue weighted by atomic mass is 19.1. The summed E-state index contributed by atoms with van der Waals surface area (Å²) in [5.74, 6) is 0.0472. The summed E-state index contributed by atoms with van der Waals surface area (Å²) < 4.78 is 20.4. The van der Waals surface area contributed by atoms with Gasteiger partial charge in [0.25, 0.3) is 5.91 Å². The van der Waals surface area contributed by atoms with Gasteiger partial charge in [-0.1, -0.05) is 78.9 Å². The number of nitrogens with zero attached hydrogens (tertiary/aromatic N) is 2. The van der Waals surface area contributed by atoms with Gasteiger partial charge in [-0.15, -0.1) is 0 Å². The average molecular weight is 605 g/mol. The predicted octanol–water partition coefficient (Wildman–Crippen LogP) is 5.73. The minimum absolute atomic E-state index is 0.0239. The van der Waals surface area contributed by atoms with Crippen LogP contribution < -0.4 is 15.4 Å². The Kier molecular flexibility index (Phi) is 8.59. The molecule has 0 saturated heterocycles. The van der Waals surface area contributed by atoms with E-state index in [4.69, 9.17) is 4.74 Å². The summed E-state index contributed by atoms with van der Waals surface area (Å²) in [5.41, 5.74) is 2.86. The van der Waals surface area contributed by atoms with Crippen molar-refractivity contribution in [3.63, 3.8) is 0 Å². The second-order valence-corrected chi connectivity index (χ2v) is 10.9. The van der Waals surface area contributed by atoms with Gasteiger partial charge in [-0.2, -0.15) is 0 Å². The van der Waals surface area contributed by atoms with Crippen molar-refractivity contribution in [1.82, 2.24) is 20.4 Å². The molecule has 0 bridgehead atoms. The Hall–Kier alpha value is -5.44. The second-order valence-electron chi connectivity index (χ2n) is 10.9. The molecule has 0 spiro atoms. The molecule has 0 fully saturated rings. The molecule has 4 aromatic rings. The Balaban J connectivity index is 1.31. The van der Waals surface area contributed by atoms with Gasteiger partial charge in [0, 0.05) is 25.1 Å². The molecule has 4 aromatic carbocycles. The summed E-state index contributed by atoms with van der Waals surface area (Å²) >= 11 is 0. The van der Waals surface area contributed by atoms with Gasteiger partial charge in [0.05, 0.1) is 23.9 Å². The lowest BCUT2D eigenvalue weighted by atomic mass is 9.95. The Labute approximate surface area is 261 Å². The van der Waals surface area contributed by atoms with Crippen LogP contribution in [0.1, 0.15) is 29.7 Å². The van der Waals surface area contributed by atoms with Crippen LogP contribution in [0.2, 0.25) is 0 Å². The van der Waals surface area contributed by atoms with Crippen LogP contribution in [-0.2, 0) is 22.6 Å². The monoisotopic (exact) mass is 604 g/mol. The third kappa shape index (κ3) is 6.28. The number of urea groups is 1. The molecule has 2 aliphatic heterocycles. The van der Waals surface area contributed by atoms with Crippen molar-refractivity contribution in [3.8, 4) is 11.5 Å². The van der Waals surface area contributed by atoms with Crippen LogP contribution in [0.3, 0.4) is 0 Å². The predicted molar refractivity (Wildman–Crippen MR) is 168 cm³/mol. The van der Waals surface area contributed by atoms with Crippen LogP contribution in [0, 0.1) is 5.82 Å². The van der Waals surface area contributed by atoms with Crippen LogP contribution in [0.25, 0.3) is 0 Å². The number of hydrogen-bond donors (Lipinski definition) is 2. The molecule has 9 heteroatoms. The number of para-hydroxylation sites is 1. The number of carbonyl (C=O) groups excluding carboxylic acids is 3. The lowest BCUT2D eigenvalue weighted by Gasteiger charge is -2.33. The number of nitrogens with one attached hydrogen (secondary N) is 2. The van der Waals surface area contributed by atoms with Gasteiger partial charge in [-0.25, -0.2) is 9.18 Å². The van der Waals surface area contributed by atoms with E-state index in [0.29, 0.717) is 40.4 Å². The molecule has 6 rings (SSSR count). The number of carbonyl (C=O) groups is 3. The maximum absolute atomic E-state index is 14.4. The molecule has 45 heavy (non-hydrogen) atoms. The van der Waals surface area contributed by atoms with E-state index in [-0.39, 0.29) is 31.4 Å². The number of amides is 4. The zero-order chi connectivity index (χ0) is 31.3. The van der Waals surface area contributed by atoms with Crippen LogP contribution in [0.4, 0.5) is 9.18 Å². The third-order valence-electron chi connectivity index (χ3n) is 8.10. The molecule has 0 saturated carbocycles. The number of rotatable bonds is 10. The fourth-order valence-corrected chi connectivity index (χ4v) is 5.86. The topological polar surface area (TPSA) is 91.0 Å². The first-order chi connectivity index (χ1) is 21.9. The van der Waals surface area contributed by atoms with Crippen LogP contribution in [0.15, 0.2) is 120 Å². The molecule has 2 aliphatic rings. The van der Waals surface area contributed by atoms with Gasteiger partial charge < -0.3 is 20.3 Å². The molecule has 2 atom stereocenters. The van der Waals surface area contributed by atoms with Crippen molar-refractivity contribution >= 4 is 17.8 Å². The maximum atomic E-state index is 14.4. The van der Waals surface area contributed by atoms with Gasteiger partial charge in [-0.3, -0.25) is 14.5 Å². The molecule has 0 aromatic heterocycles. The summed E-state index contributed by atoms with van der Waals surface area (Å²) in [6.45, 7) is 2.24. The first kappa shape index (κ1) is 29.6. The Morgan fingerprint density at radius 3 is 2.36 bits per heavy atom. The smallest absolute Gasteiger partial charge is 0.322 e. The number of likely N-dealkylation sites (N-methyl/N-ethyl adjacent to an activating group) is 1. The Morgan fingerprint density at radius 2 is 1.62 bits per heavy atom. The third-order valence-corrected chi connectivity index (χ3v) is 8.10. The van der Waals surface area contributed by atoms with E-state index < -0.39 is 23.8 Å². The fourth-order valence-electron chi connectivity index (χ4n) is 5.86. The quantitative estimate of drug-likeness (QED) is 0.242. The first-order valence-electron chi connectivity index (χ1n) is 14.9. The summed E-state index contributed by atoms with van der Waals surface area (Å²) in [5, 5.41) is 5.84. The van der Waals surface area contributed by atoms with E-state index in [2.05, 4.69) is 10.6 Å². The number of halogens is 1. The van der Waals surface area contributed by atoms with Gasteiger partial charge in [0.1, 0.15) is 23.4 Å². The standard InChI is InChI=1S/C36H33FN4O4/c1-2-40-31-23-41(30(20-24-12-5-3-6-13-24)34(42)38-22-26-14-9-10-19-29(26)37)35(43)32(31)33(39-36(40)44)25-15-11-18-28(21-25)45-27-16-7-4-8-17-27/h3-19,21,30,33H,2,20,22-23H2,1H3,(H,38,42)(H,39,44)/t30-,33-/m0/s1. The molecule has 228 valence electrons. The molecule has 8 nitrogen and oxygen atoms in total. The molecule has 2 N–H and O–H groups in total. The average Bonchev–Trinajstić information content (AvgIpc) is 3.40. The lowest BCUT2D eigenvalue weighted by molar-refractivity contribution is -0.136. The molecule has 0 aliphatic carbocycles. The van der Waals surface area contributed by atoms with Gasteiger partial charge in [-0.05, 0) is 48.4 Å². The van der Waals surface area contributed by atoms with Crippen molar-refractivity contribution in [1.29, 1.82) is 0 Å². The largest absolute Gasteiger partial charge is 0.457 e. The zero-order valence-corrected chi connectivity index (χ0v) is 24.8. The minimum Gasteiger partial charge on any atom is -0.457 e. The summed E-state index contributed by atoms with van der Waals surface area (Å²) in [4.78, 5) is 44.5. The molecule has 0 unspecified atom stereocenters. The van der Waals surface area contributed by atoms with Crippen molar-refractivity contribution in [2.45, 2.75) is 32.0 Å². The van der Waals surface area contributed by atoms with Gasteiger partial charge in [0.2, 0.25) is 5.91 Å². The SMILES string of the molecule is CCN1C(=O)N[C@@H](c2cccc(Oc3ccccc3)c2)C2=C1CN([C@@H](Cc1ccccc1)C(=O)NCc1ccccc1F)C2=O. The summed E-state index contributed by atoms with van der Waals surface area (Å²) in [7, 11) is 0. The number of benzene rings is 4. The number of ether oxygens (including phenoxy) is 1. The molecular weight excluding hydrogens is 571 g/mol. The molecule has 0 radical (unpaired) electrons. The van der Waals surface area contributed by atoms with Gasteiger partial charge in [0.15, 0.2) is 0 Å². The normalized spacial score (nSPS) is 16.7. The van der Waals surface area contributed by atoms with Crippen LogP contribution in [0.5, 0.6) is 11.5 Å². The highest BCUT2D eigenvalue weighted by molar-refractivity contribution is 6.03. The van der Waals surface area contributed by atoms with E-state index in [0.717, 1.165) is 5.56 Å². The molecular formula is C36H33FN4O4. The van der Waals surface area contributed by atoms with Crippen LogP contribution >= 0.6 is 0 Å².